The standard InChI is InChI=1S/C14H14ClFN2/c1-10(12-6-14(16)9-17-8-12)18-7-11-3-2-4-13(15)5-11/h2-6,8-10,18H,7H2,1H3. The van der Waals surface area contributed by atoms with Gasteiger partial charge in [0.15, 0.2) is 0 Å². The van der Waals surface area contributed by atoms with E-state index in [-0.39, 0.29) is 11.9 Å². The molecule has 0 aliphatic carbocycles. The fraction of sp³-hybridized carbons (Fsp3) is 0.214. The van der Waals surface area contributed by atoms with Crippen molar-refractivity contribution in [3.63, 3.8) is 0 Å². The Labute approximate surface area is 111 Å². The number of hydrogen-bond acceptors (Lipinski definition) is 2. The highest BCUT2D eigenvalue weighted by Gasteiger charge is 2.06. The third-order valence-corrected chi connectivity index (χ3v) is 2.96. The van der Waals surface area contributed by atoms with Crippen LogP contribution in [0.1, 0.15) is 24.1 Å². The lowest BCUT2D eigenvalue weighted by Crippen LogP contribution is -2.18. The molecule has 1 unspecified atom stereocenters. The molecule has 0 fully saturated rings. The maximum absolute atomic E-state index is 13.0. The molecule has 4 heteroatoms. The maximum Gasteiger partial charge on any atom is 0.141 e. The van der Waals surface area contributed by atoms with Crippen LogP contribution in [0, 0.1) is 5.82 Å². The lowest BCUT2D eigenvalue weighted by Gasteiger charge is -2.14. The van der Waals surface area contributed by atoms with Gasteiger partial charge in [0.2, 0.25) is 0 Å². The topological polar surface area (TPSA) is 24.9 Å². The summed E-state index contributed by atoms with van der Waals surface area (Å²) >= 11 is 5.91. The molecule has 2 aromatic rings. The van der Waals surface area contributed by atoms with Crippen LogP contribution in [0.3, 0.4) is 0 Å². The number of aromatic nitrogens is 1. The van der Waals surface area contributed by atoms with Crippen LogP contribution in [0.15, 0.2) is 42.7 Å². The molecule has 2 nitrogen and oxygen atoms in total. The van der Waals surface area contributed by atoms with Gasteiger partial charge in [0, 0.05) is 23.8 Å². The molecule has 0 spiro atoms. The van der Waals surface area contributed by atoms with E-state index < -0.39 is 0 Å². The van der Waals surface area contributed by atoms with E-state index in [1.165, 1.54) is 12.3 Å². The highest BCUT2D eigenvalue weighted by molar-refractivity contribution is 6.30. The molecule has 0 radical (unpaired) electrons. The Balaban J connectivity index is 1.98. The highest BCUT2D eigenvalue weighted by atomic mass is 35.5. The minimum absolute atomic E-state index is 0.0344. The Hall–Kier alpha value is -1.45. The van der Waals surface area contributed by atoms with Gasteiger partial charge in [0.05, 0.1) is 6.20 Å². The third-order valence-electron chi connectivity index (χ3n) is 2.73. The molecule has 1 heterocycles. The van der Waals surface area contributed by atoms with Crippen molar-refractivity contribution in [3.8, 4) is 0 Å². The normalized spacial score (nSPS) is 12.4. The van der Waals surface area contributed by atoms with Crippen LogP contribution < -0.4 is 5.32 Å². The van der Waals surface area contributed by atoms with Crippen LogP contribution in [0.25, 0.3) is 0 Å². The lowest BCUT2D eigenvalue weighted by molar-refractivity contribution is 0.561. The van der Waals surface area contributed by atoms with Gasteiger partial charge in [-0.05, 0) is 36.2 Å². The first-order valence-corrected chi connectivity index (χ1v) is 6.11. The number of benzene rings is 1. The van der Waals surface area contributed by atoms with Gasteiger partial charge in [0.25, 0.3) is 0 Å². The van der Waals surface area contributed by atoms with E-state index in [2.05, 4.69) is 10.3 Å². The van der Waals surface area contributed by atoms with Crippen molar-refractivity contribution < 1.29 is 4.39 Å². The van der Waals surface area contributed by atoms with Gasteiger partial charge >= 0.3 is 0 Å². The van der Waals surface area contributed by atoms with E-state index in [1.54, 1.807) is 6.20 Å². The summed E-state index contributed by atoms with van der Waals surface area (Å²) in [6.07, 6.45) is 2.87. The first-order valence-electron chi connectivity index (χ1n) is 5.73. The van der Waals surface area contributed by atoms with Crippen molar-refractivity contribution in [1.29, 1.82) is 0 Å². The molecule has 18 heavy (non-hydrogen) atoms. The lowest BCUT2D eigenvalue weighted by atomic mass is 10.1. The summed E-state index contributed by atoms with van der Waals surface area (Å²) in [7, 11) is 0. The largest absolute Gasteiger partial charge is 0.306 e. The second-order valence-corrected chi connectivity index (χ2v) is 4.61. The average molecular weight is 265 g/mol. The SMILES string of the molecule is CC(NCc1cccc(Cl)c1)c1cncc(F)c1. The molecule has 1 atom stereocenters. The van der Waals surface area contributed by atoms with E-state index in [0.717, 1.165) is 16.1 Å². The Morgan fingerprint density at radius 1 is 1.33 bits per heavy atom. The van der Waals surface area contributed by atoms with E-state index in [9.17, 15) is 4.39 Å². The molecule has 0 saturated carbocycles. The first kappa shape index (κ1) is 13.0. The zero-order valence-corrected chi connectivity index (χ0v) is 10.8. The number of rotatable bonds is 4. The van der Waals surface area contributed by atoms with Gasteiger partial charge in [0.1, 0.15) is 5.82 Å². The molecular weight excluding hydrogens is 251 g/mol. The Morgan fingerprint density at radius 2 is 2.17 bits per heavy atom. The van der Waals surface area contributed by atoms with Crippen LogP contribution >= 0.6 is 11.6 Å². The number of nitrogens with zero attached hydrogens (tertiary/aromatic N) is 1. The molecule has 94 valence electrons. The fourth-order valence-corrected chi connectivity index (χ4v) is 1.91. The summed E-state index contributed by atoms with van der Waals surface area (Å²) < 4.78 is 13.0. The minimum Gasteiger partial charge on any atom is -0.306 e. The maximum atomic E-state index is 13.0. The van der Waals surface area contributed by atoms with Crippen molar-refractivity contribution in [3.05, 3.63) is 64.7 Å². The molecule has 2 rings (SSSR count). The predicted molar refractivity (Wildman–Crippen MR) is 70.9 cm³/mol. The minimum atomic E-state index is -0.316. The highest BCUT2D eigenvalue weighted by Crippen LogP contribution is 2.14. The first-order chi connectivity index (χ1) is 8.65. The Kier molecular flexibility index (Phi) is 4.28. The quantitative estimate of drug-likeness (QED) is 0.910. The van der Waals surface area contributed by atoms with Crippen LogP contribution in [0.4, 0.5) is 4.39 Å². The van der Waals surface area contributed by atoms with Crippen LogP contribution in [0.5, 0.6) is 0 Å². The molecule has 1 aromatic carbocycles. The zero-order chi connectivity index (χ0) is 13.0. The van der Waals surface area contributed by atoms with Crippen molar-refractivity contribution >= 4 is 11.6 Å². The summed E-state index contributed by atoms with van der Waals surface area (Å²) in [6, 6.07) is 9.18. The third kappa shape index (κ3) is 3.52. The number of pyridine rings is 1. The summed E-state index contributed by atoms with van der Waals surface area (Å²) in [5.74, 6) is -0.316. The van der Waals surface area contributed by atoms with E-state index >= 15 is 0 Å². The van der Waals surface area contributed by atoms with Crippen molar-refractivity contribution in [2.75, 3.05) is 0 Å². The van der Waals surface area contributed by atoms with E-state index in [0.29, 0.717) is 6.54 Å². The predicted octanol–water partition coefficient (Wildman–Crippen LogP) is 3.72. The van der Waals surface area contributed by atoms with Gasteiger partial charge in [-0.15, -0.1) is 0 Å². The number of nitrogens with one attached hydrogen (secondary N) is 1. The van der Waals surface area contributed by atoms with E-state index in [4.69, 9.17) is 11.6 Å². The molecule has 0 saturated heterocycles. The van der Waals surface area contributed by atoms with Gasteiger partial charge in [-0.25, -0.2) is 4.39 Å². The molecule has 0 bridgehead atoms. The van der Waals surface area contributed by atoms with Crippen molar-refractivity contribution in [2.45, 2.75) is 19.5 Å². The van der Waals surface area contributed by atoms with Gasteiger partial charge < -0.3 is 5.32 Å². The van der Waals surface area contributed by atoms with Gasteiger partial charge in [-0.3, -0.25) is 4.98 Å². The molecule has 1 aromatic heterocycles. The number of halogens is 2. The molecule has 0 amide bonds. The van der Waals surface area contributed by atoms with Crippen LogP contribution in [0.2, 0.25) is 5.02 Å². The average Bonchev–Trinajstić information content (AvgIpc) is 2.36. The molecule has 0 aliphatic rings. The monoisotopic (exact) mass is 264 g/mol. The van der Waals surface area contributed by atoms with Gasteiger partial charge in [-0.1, -0.05) is 23.7 Å². The van der Waals surface area contributed by atoms with Crippen LogP contribution in [-0.2, 0) is 6.54 Å². The van der Waals surface area contributed by atoms with Gasteiger partial charge in [-0.2, -0.15) is 0 Å². The van der Waals surface area contributed by atoms with E-state index in [1.807, 2.05) is 31.2 Å². The molecule has 0 aliphatic heterocycles. The number of hydrogen-bond donors (Lipinski definition) is 1. The fourth-order valence-electron chi connectivity index (χ4n) is 1.70. The Morgan fingerprint density at radius 3 is 2.89 bits per heavy atom. The smallest absolute Gasteiger partial charge is 0.141 e. The second-order valence-electron chi connectivity index (χ2n) is 4.17. The molecular formula is C14H14ClFN2. The van der Waals surface area contributed by atoms with Crippen molar-refractivity contribution in [2.24, 2.45) is 0 Å². The summed E-state index contributed by atoms with van der Waals surface area (Å²) in [4.78, 5) is 3.84. The zero-order valence-electron chi connectivity index (χ0n) is 10.0. The summed E-state index contributed by atoms with van der Waals surface area (Å²) in [5.41, 5.74) is 1.93. The summed E-state index contributed by atoms with van der Waals surface area (Å²) in [5, 5.41) is 4.02. The molecule has 1 N–H and O–H groups in total. The van der Waals surface area contributed by atoms with Crippen molar-refractivity contribution in [1.82, 2.24) is 10.3 Å². The van der Waals surface area contributed by atoms with Crippen LogP contribution in [-0.4, -0.2) is 4.98 Å². The second kappa shape index (κ2) is 5.94. The summed E-state index contributed by atoms with van der Waals surface area (Å²) in [6.45, 7) is 2.65. The Bertz CT molecular complexity index is 531.